The Kier molecular flexibility index (Phi) is 5.08. The summed E-state index contributed by atoms with van der Waals surface area (Å²) in [5.41, 5.74) is -1.27. The number of alkyl halides is 3. The van der Waals surface area contributed by atoms with Crippen molar-refractivity contribution in [3.05, 3.63) is 52.9 Å². The number of hydrogen-bond donors (Lipinski definition) is 0. The summed E-state index contributed by atoms with van der Waals surface area (Å²) < 4.78 is 94.1. The van der Waals surface area contributed by atoms with Crippen molar-refractivity contribution in [2.75, 3.05) is 13.1 Å². The van der Waals surface area contributed by atoms with Gasteiger partial charge in [-0.1, -0.05) is 11.6 Å². The smallest absolute Gasteiger partial charge is 0.417 e. The Bertz CT molecular complexity index is 1040. The topological polar surface area (TPSA) is 84.7 Å². The lowest BCUT2D eigenvalue weighted by molar-refractivity contribution is -0.137. The zero-order valence-corrected chi connectivity index (χ0v) is 15.9. The molecule has 6 nitrogen and oxygen atoms in total. The number of nitrogens with zero attached hydrogens (tertiary/aromatic N) is 1. The van der Waals surface area contributed by atoms with Gasteiger partial charge >= 0.3 is 6.18 Å². The molecule has 12 heteroatoms. The van der Waals surface area contributed by atoms with Gasteiger partial charge < -0.3 is 4.42 Å². The van der Waals surface area contributed by atoms with Crippen LogP contribution in [0.3, 0.4) is 0 Å². The van der Waals surface area contributed by atoms with Gasteiger partial charge in [0.1, 0.15) is 11.5 Å². The van der Waals surface area contributed by atoms with Crippen LogP contribution in [0.5, 0.6) is 0 Å². The zero-order chi connectivity index (χ0) is 20.0. The molecule has 0 saturated carbocycles. The highest BCUT2D eigenvalue weighted by molar-refractivity contribution is 7.92. The molecule has 0 N–H and O–H groups in total. The van der Waals surface area contributed by atoms with Crippen LogP contribution in [0.15, 0.2) is 45.9 Å². The maximum atomic E-state index is 12.9. The summed E-state index contributed by atoms with van der Waals surface area (Å²) in [7, 11) is -7.93. The predicted molar refractivity (Wildman–Crippen MR) is 90.3 cm³/mol. The molecule has 3 rings (SSSR count). The van der Waals surface area contributed by atoms with E-state index < -0.39 is 46.8 Å². The summed E-state index contributed by atoms with van der Waals surface area (Å²) in [5, 5.41) is -1.57. The van der Waals surface area contributed by atoms with E-state index in [0.29, 0.717) is 6.07 Å². The molecule has 27 heavy (non-hydrogen) atoms. The fraction of sp³-hybridized carbons (Fsp3) is 0.333. The fourth-order valence-electron chi connectivity index (χ4n) is 2.57. The van der Waals surface area contributed by atoms with Gasteiger partial charge in [-0.3, -0.25) is 0 Å². The predicted octanol–water partition coefficient (Wildman–Crippen LogP) is 2.94. The van der Waals surface area contributed by atoms with Crippen LogP contribution in [-0.4, -0.2) is 39.5 Å². The molecule has 0 radical (unpaired) electrons. The first-order valence-corrected chi connectivity index (χ1v) is 11.1. The van der Waals surface area contributed by atoms with Crippen LogP contribution in [0.4, 0.5) is 13.2 Å². The molecule has 0 aliphatic carbocycles. The standard InChI is InChI=1S/C15H13ClF3NO5S2/c16-14-4-3-11(6-13(14)15(17,18)19)27(23,24)20-7-12(8-20)26(21,22)9-10-2-1-5-25-10/h1-6,12H,7-9H2. The van der Waals surface area contributed by atoms with Gasteiger partial charge in [0.05, 0.1) is 27.0 Å². The molecule has 0 bridgehead atoms. The average Bonchev–Trinajstić information content (AvgIpc) is 2.95. The van der Waals surface area contributed by atoms with Crippen LogP contribution in [-0.2, 0) is 31.8 Å². The first-order valence-electron chi connectivity index (χ1n) is 7.52. The molecule has 1 aromatic carbocycles. The quantitative estimate of drug-likeness (QED) is 0.709. The van der Waals surface area contributed by atoms with E-state index >= 15 is 0 Å². The molecule has 0 atom stereocenters. The Morgan fingerprint density at radius 1 is 1.15 bits per heavy atom. The second-order valence-electron chi connectivity index (χ2n) is 5.97. The van der Waals surface area contributed by atoms with Gasteiger partial charge in [-0.15, -0.1) is 0 Å². The molecule has 1 saturated heterocycles. The molecule has 1 aliphatic rings. The number of benzene rings is 1. The summed E-state index contributed by atoms with van der Waals surface area (Å²) in [6.45, 7) is -0.676. The maximum Gasteiger partial charge on any atom is 0.417 e. The van der Waals surface area contributed by atoms with Gasteiger partial charge in [0.2, 0.25) is 10.0 Å². The number of hydrogen-bond acceptors (Lipinski definition) is 5. The Balaban J connectivity index is 1.77. The average molecular weight is 444 g/mol. The number of halogens is 4. The van der Waals surface area contributed by atoms with Crippen molar-refractivity contribution in [2.24, 2.45) is 0 Å². The Hall–Kier alpha value is -1.56. The van der Waals surface area contributed by atoms with Crippen LogP contribution in [0, 0.1) is 0 Å². The van der Waals surface area contributed by atoms with Crippen LogP contribution >= 0.6 is 11.6 Å². The van der Waals surface area contributed by atoms with E-state index in [1.807, 2.05) is 0 Å². The van der Waals surface area contributed by atoms with Gasteiger partial charge in [0, 0.05) is 13.1 Å². The minimum Gasteiger partial charge on any atom is -0.468 e. The molecule has 0 unspecified atom stereocenters. The molecular weight excluding hydrogens is 431 g/mol. The SMILES string of the molecule is O=S(=O)(Cc1ccco1)C1CN(S(=O)(=O)c2ccc(Cl)c(C(F)(F)F)c2)C1. The van der Waals surface area contributed by atoms with E-state index in [1.54, 1.807) is 0 Å². The molecule has 0 spiro atoms. The first-order chi connectivity index (χ1) is 12.4. The largest absolute Gasteiger partial charge is 0.468 e. The normalized spacial score (nSPS) is 17.0. The fourth-order valence-corrected chi connectivity index (χ4v) is 6.15. The Labute approximate surface area is 158 Å². The third kappa shape index (κ3) is 4.00. The summed E-state index contributed by atoms with van der Waals surface area (Å²) in [5.74, 6) is -0.151. The lowest BCUT2D eigenvalue weighted by Crippen LogP contribution is -2.56. The highest BCUT2D eigenvalue weighted by atomic mass is 35.5. The second-order valence-corrected chi connectivity index (χ2v) is 10.6. The molecule has 1 fully saturated rings. The van der Waals surface area contributed by atoms with E-state index in [-0.39, 0.29) is 24.6 Å². The maximum absolute atomic E-state index is 12.9. The zero-order valence-electron chi connectivity index (χ0n) is 13.5. The number of rotatable bonds is 5. The molecule has 1 aliphatic heterocycles. The van der Waals surface area contributed by atoms with E-state index in [1.165, 1.54) is 18.4 Å². The van der Waals surface area contributed by atoms with Crippen LogP contribution < -0.4 is 0 Å². The van der Waals surface area contributed by atoms with E-state index in [9.17, 15) is 30.0 Å². The van der Waals surface area contributed by atoms with Crippen LogP contribution in [0.2, 0.25) is 5.02 Å². The molecule has 2 aromatic rings. The Morgan fingerprint density at radius 2 is 1.81 bits per heavy atom. The highest BCUT2D eigenvalue weighted by Gasteiger charge is 2.44. The minimum atomic E-state index is -4.81. The molecule has 0 amide bonds. The van der Waals surface area contributed by atoms with E-state index in [2.05, 4.69) is 0 Å². The van der Waals surface area contributed by atoms with Crippen molar-refractivity contribution in [3.8, 4) is 0 Å². The third-order valence-corrected chi connectivity index (χ3v) is 8.28. The highest BCUT2D eigenvalue weighted by Crippen LogP contribution is 2.37. The van der Waals surface area contributed by atoms with Crippen molar-refractivity contribution >= 4 is 31.5 Å². The third-order valence-electron chi connectivity index (χ3n) is 4.13. The molecule has 1 aromatic heterocycles. The summed E-state index contributed by atoms with van der Waals surface area (Å²) in [6.07, 6.45) is -3.49. The van der Waals surface area contributed by atoms with E-state index in [4.69, 9.17) is 16.0 Å². The van der Waals surface area contributed by atoms with Gasteiger partial charge in [-0.05, 0) is 30.3 Å². The van der Waals surface area contributed by atoms with Crippen LogP contribution in [0.1, 0.15) is 11.3 Å². The number of sulfonamides is 1. The Morgan fingerprint density at radius 3 is 2.37 bits per heavy atom. The molecule has 148 valence electrons. The van der Waals surface area contributed by atoms with Crippen molar-refractivity contribution in [3.63, 3.8) is 0 Å². The van der Waals surface area contributed by atoms with Gasteiger partial charge in [-0.25, -0.2) is 16.8 Å². The second kappa shape index (κ2) is 6.80. The lowest BCUT2D eigenvalue weighted by Gasteiger charge is -2.37. The van der Waals surface area contributed by atoms with Gasteiger partial charge in [-0.2, -0.15) is 17.5 Å². The van der Waals surface area contributed by atoms with Crippen molar-refractivity contribution < 1.29 is 34.4 Å². The minimum absolute atomic E-state index is 0.226. The number of furan rings is 1. The van der Waals surface area contributed by atoms with Crippen molar-refractivity contribution in [1.29, 1.82) is 0 Å². The lowest BCUT2D eigenvalue weighted by atomic mass is 10.2. The van der Waals surface area contributed by atoms with Crippen LogP contribution in [0.25, 0.3) is 0 Å². The van der Waals surface area contributed by atoms with Gasteiger partial charge in [0.15, 0.2) is 9.84 Å². The molecule has 2 heterocycles. The first kappa shape index (κ1) is 20.2. The number of sulfone groups is 1. The van der Waals surface area contributed by atoms with Gasteiger partial charge in [0.25, 0.3) is 0 Å². The van der Waals surface area contributed by atoms with E-state index in [0.717, 1.165) is 16.4 Å². The monoisotopic (exact) mass is 443 g/mol. The summed E-state index contributed by atoms with van der Waals surface area (Å²) in [6, 6.07) is 5.26. The molecular formula is C15H13ClF3NO5S2. The summed E-state index contributed by atoms with van der Waals surface area (Å²) >= 11 is 5.49. The van der Waals surface area contributed by atoms with Crippen molar-refractivity contribution in [1.82, 2.24) is 4.31 Å². The van der Waals surface area contributed by atoms with Crippen molar-refractivity contribution in [2.45, 2.75) is 22.1 Å². The summed E-state index contributed by atoms with van der Waals surface area (Å²) in [4.78, 5) is -0.596.